The molecule has 0 spiro atoms. The summed E-state index contributed by atoms with van der Waals surface area (Å²) in [4.78, 5) is 10.2. The minimum atomic E-state index is -4.81. The molecule has 2 aromatic rings. The molecule has 39 heavy (non-hydrogen) atoms. The number of hydrogen-bond donors (Lipinski definition) is 3. The van der Waals surface area contributed by atoms with Gasteiger partial charge in [-0.3, -0.25) is 4.79 Å². The number of aliphatic hydroxyl groups is 1. The zero-order chi connectivity index (χ0) is 29.0. The van der Waals surface area contributed by atoms with Crippen LogP contribution < -0.4 is 5.32 Å². The minimum Gasteiger partial charge on any atom is -0.481 e. The molecule has 216 valence electrons. The monoisotopic (exact) mass is 570 g/mol. The standard InChI is InChI=1S/C28H37F3N2O5S/c1-27(2,16-19-13-21-7-4-5-8-22(21)14-19)32-17-23(34)18-33(3)39(37,38)24-12-11-20(9-6-10-26(35)36)25(15-24)28(29,30)31/h4-5,7-8,11-12,15,19,23,32,34H,6,9-10,13-14,16-18H2,1-3H3,(H,35,36)/t23-/m1/s1. The van der Waals surface area contributed by atoms with Gasteiger partial charge in [0.2, 0.25) is 10.0 Å². The number of halogens is 3. The molecule has 0 aromatic heterocycles. The lowest BCUT2D eigenvalue weighted by Crippen LogP contribution is -2.47. The molecule has 0 aliphatic heterocycles. The Morgan fingerprint density at radius 1 is 1.13 bits per heavy atom. The van der Waals surface area contributed by atoms with Gasteiger partial charge in [-0.15, -0.1) is 0 Å². The summed E-state index contributed by atoms with van der Waals surface area (Å²) in [5.74, 6) is -0.662. The minimum absolute atomic E-state index is 0.00632. The molecular formula is C28H37F3N2O5S. The molecular weight excluding hydrogens is 533 g/mol. The molecule has 1 aliphatic rings. The number of fused-ring (bicyclic) bond motifs is 1. The first kappa shape index (κ1) is 31.1. The fraction of sp³-hybridized carbons (Fsp3) is 0.536. The van der Waals surface area contributed by atoms with Crippen LogP contribution in [-0.2, 0) is 40.3 Å². The number of aliphatic carboxylic acids is 1. The van der Waals surface area contributed by atoms with E-state index in [1.165, 1.54) is 18.2 Å². The van der Waals surface area contributed by atoms with E-state index in [1.807, 2.05) is 26.0 Å². The van der Waals surface area contributed by atoms with Crippen LogP contribution in [0.25, 0.3) is 0 Å². The number of β-amino-alcohol motifs (C(OH)–C–C–N with tert-alkyl or cyclic N) is 1. The van der Waals surface area contributed by atoms with Gasteiger partial charge in [-0.2, -0.15) is 17.5 Å². The van der Waals surface area contributed by atoms with Crippen molar-refractivity contribution in [1.29, 1.82) is 0 Å². The van der Waals surface area contributed by atoms with Crippen LogP contribution in [0.1, 0.15) is 55.4 Å². The SMILES string of the molecule is CN(C[C@H](O)CNC(C)(C)CC1Cc2ccccc2C1)S(=O)(=O)c1ccc(CCCC(=O)O)c(C(F)(F)F)c1. The van der Waals surface area contributed by atoms with Gasteiger partial charge in [0.1, 0.15) is 0 Å². The molecule has 0 amide bonds. The second-order valence-electron chi connectivity index (χ2n) is 11.0. The van der Waals surface area contributed by atoms with Crippen molar-refractivity contribution in [1.82, 2.24) is 9.62 Å². The zero-order valence-corrected chi connectivity index (χ0v) is 23.3. The van der Waals surface area contributed by atoms with E-state index in [2.05, 4.69) is 17.4 Å². The lowest BCUT2D eigenvalue weighted by molar-refractivity contribution is -0.138. The number of alkyl halides is 3. The van der Waals surface area contributed by atoms with Crippen LogP contribution in [0, 0.1) is 5.92 Å². The third-order valence-corrected chi connectivity index (χ3v) is 8.97. The van der Waals surface area contributed by atoms with Gasteiger partial charge in [-0.05, 0) is 80.7 Å². The summed E-state index contributed by atoms with van der Waals surface area (Å²) < 4.78 is 68.0. The molecule has 1 aliphatic carbocycles. The lowest BCUT2D eigenvalue weighted by Gasteiger charge is -2.31. The van der Waals surface area contributed by atoms with Crippen LogP contribution in [0.4, 0.5) is 13.2 Å². The van der Waals surface area contributed by atoms with Gasteiger partial charge in [0.05, 0.1) is 16.6 Å². The Morgan fingerprint density at radius 2 is 1.74 bits per heavy atom. The summed E-state index contributed by atoms with van der Waals surface area (Å²) in [6.45, 7) is 3.87. The highest BCUT2D eigenvalue weighted by molar-refractivity contribution is 7.89. The van der Waals surface area contributed by atoms with Gasteiger partial charge in [-0.1, -0.05) is 30.3 Å². The number of carboxylic acid groups (broad SMARTS) is 1. The number of aryl methyl sites for hydroxylation is 1. The van der Waals surface area contributed by atoms with Crippen LogP contribution in [0.15, 0.2) is 47.4 Å². The van der Waals surface area contributed by atoms with Crippen molar-refractivity contribution >= 4 is 16.0 Å². The maximum Gasteiger partial charge on any atom is 0.416 e. The first-order valence-corrected chi connectivity index (χ1v) is 14.4. The average molecular weight is 571 g/mol. The van der Waals surface area contributed by atoms with Crippen molar-refractivity contribution in [2.45, 2.75) is 75.1 Å². The van der Waals surface area contributed by atoms with Gasteiger partial charge < -0.3 is 15.5 Å². The molecule has 0 saturated carbocycles. The van der Waals surface area contributed by atoms with Crippen molar-refractivity contribution in [3.05, 3.63) is 64.7 Å². The number of carboxylic acids is 1. The number of likely N-dealkylation sites (N-methyl/N-ethyl adjacent to an activating group) is 1. The van der Waals surface area contributed by atoms with E-state index in [9.17, 15) is 31.5 Å². The van der Waals surface area contributed by atoms with Gasteiger partial charge in [0.25, 0.3) is 0 Å². The topological polar surface area (TPSA) is 107 Å². The third kappa shape index (κ3) is 8.51. The van der Waals surface area contributed by atoms with Crippen molar-refractivity contribution in [3.8, 4) is 0 Å². The third-order valence-electron chi connectivity index (χ3n) is 7.15. The van der Waals surface area contributed by atoms with E-state index in [4.69, 9.17) is 5.11 Å². The Labute approximate surface area is 228 Å². The van der Waals surface area contributed by atoms with Crippen LogP contribution in [0.2, 0.25) is 0 Å². The Balaban J connectivity index is 1.60. The summed E-state index contributed by atoms with van der Waals surface area (Å²) in [6, 6.07) is 11.1. The number of aliphatic hydroxyl groups excluding tert-OH is 1. The van der Waals surface area contributed by atoms with E-state index in [-0.39, 0.29) is 43.5 Å². The number of nitrogens with one attached hydrogen (secondary N) is 1. The van der Waals surface area contributed by atoms with Gasteiger partial charge in [0, 0.05) is 32.1 Å². The van der Waals surface area contributed by atoms with Crippen molar-refractivity contribution < 1.29 is 36.6 Å². The van der Waals surface area contributed by atoms with Gasteiger partial charge in [0.15, 0.2) is 0 Å². The number of sulfonamides is 1. The fourth-order valence-electron chi connectivity index (χ4n) is 5.25. The van der Waals surface area contributed by atoms with Crippen LogP contribution in [-0.4, -0.2) is 60.7 Å². The maximum atomic E-state index is 13.7. The average Bonchev–Trinajstić information content (AvgIpc) is 3.23. The summed E-state index contributed by atoms with van der Waals surface area (Å²) in [5, 5.41) is 22.6. The smallest absolute Gasteiger partial charge is 0.416 e. The number of hydrogen-bond acceptors (Lipinski definition) is 5. The Kier molecular flexibility index (Phi) is 9.85. The normalized spacial score (nSPS) is 15.5. The summed E-state index contributed by atoms with van der Waals surface area (Å²) in [7, 11) is -3.10. The number of carbonyl (C=O) groups is 1. The van der Waals surface area contributed by atoms with Crippen LogP contribution >= 0.6 is 0 Å². The van der Waals surface area contributed by atoms with E-state index in [0.29, 0.717) is 12.0 Å². The van der Waals surface area contributed by atoms with Crippen LogP contribution in [0.3, 0.4) is 0 Å². The first-order chi connectivity index (χ1) is 18.1. The molecule has 0 heterocycles. The van der Waals surface area contributed by atoms with E-state index < -0.39 is 38.7 Å². The molecule has 0 saturated heterocycles. The fourth-order valence-corrected chi connectivity index (χ4v) is 6.48. The highest BCUT2D eigenvalue weighted by Crippen LogP contribution is 2.35. The van der Waals surface area contributed by atoms with Crippen molar-refractivity contribution in [2.24, 2.45) is 5.92 Å². The molecule has 7 nitrogen and oxygen atoms in total. The molecule has 0 radical (unpaired) electrons. The second-order valence-corrected chi connectivity index (χ2v) is 13.1. The largest absolute Gasteiger partial charge is 0.481 e. The highest BCUT2D eigenvalue weighted by Gasteiger charge is 2.35. The maximum absolute atomic E-state index is 13.7. The van der Waals surface area contributed by atoms with E-state index >= 15 is 0 Å². The molecule has 11 heteroatoms. The molecule has 3 rings (SSSR count). The highest BCUT2D eigenvalue weighted by atomic mass is 32.2. The number of nitrogens with zero attached hydrogens (tertiary/aromatic N) is 1. The molecule has 2 aromatic carbocycles. The molecule has 3 N–H and O–H groups in total. The number of benzene rings is 2. The summed E-state index contributed by atoms with van der Waals surface area (Å²) in [5.41, 5.74) is 1.12. The number of rotatable bonds is 13. The molecule has 0 bridgehead atoms. The Bertz CT molecular complexity index is 1240. The first-order valence-electron chi connectivity index (χ1n) is 13.0. The summed E-state index contributed by atoms with van der Waals surface area (Å²) >= 11 is 0. The van der Waals surface area contributed by atoms with Gasteiger partial charge >= 0.3 is 12.1 Å². The lowest BCUT2D eigenvalue weighted by atomic mass is 9.88. The Hall–Kier alpha value is -2.47. The molecule has 1 atom stereocenters. The van der Waals surface area contributed by atoms with E-state index in [0.717, 1.165) is 35.7 Å². The molecule has 0 fully saturated rings. The second kappa shape index (κ2) is 12.4. The van der Waals surface area contributed by atoms with Crippen molar-refractivity contribution in [3.63, 3.8) is 0 Å². The van der Waals surface area contributed by atoms with E-state index in [1.54, 1.807) is 0 Å². The predicted molar refractivity (Wildman–Crippen MR) is 142 cm³/mol. The predicted octanol–water partition coefficient (Wildman–Crippen LogP) is 4.27. The Morgan fingerprint density at radius 3 is 2.31 bits per heavy atom. The van der Waals surface area contributed by atoms with Crippen LogP contribution in [0.5, 0.6) is 0 Å². The van der Waals surface area contributed by atoms with Crippen molar-refractivity contribution in [2.75, 3.05) is 20.1 Å². The quantitative estimate of drug-likeness (QED) is 0.332. The summed E-state index contributed by atoms with van der Waals surface area (Å²) in [6.07, 6.45) is -3.50. The zero-order valence-electron chi connectivity index (χ0n) is 22.5. The van der Waals surface area contributed by atoms with Gasteiger partial charge in [-0.25, -0.2) is 8.42 Å². The molecule has 0 unspecified atom stereocenters.